The van der Waals surface area contributed by atoms with Gasteiger partial charge in [0.15, 0.2) is 5.78 Å². The molecule has 0 spiro atoms. The number of Topliss-reactive ketones (excluding diaryl/α,β-unsaturated/α-hetero) is 1. The van der Waals surface area contributed by atoms with Crippen molar-refractivity contribution in [3.05, 3.63) is 114 Å². The van der Waals surface area contributed by atoms with Crippen molar-refractivity contribution < 1.29 is 9.72 Å². The molecule has 2 aromatic carbocycles. The van der Waals surface area contributed by atoms with E-state index in [9.17, 15) is 20.2 Å². The summed E-state index contributed by atoms with van der Waals surface area (Å²) in [6, 6.07) is 20.3. The quantitative estimate of drug-likeness (QED) is 0.352. The van der Waals surface area contributed by atoms with Gasteiger partial charge in [-0.2, -0.15) is 5.26 Å². The molecule has 2 heterocycles. The molecule has 1 aliphatic heterocycles. The highest BCUT2D eigenvalue weighted by atomic mass is 32.1. The monoisotopic (exact) mass is 496 g/mol. The number of rotatable bonds is 4. The Hall–Kier alpha value is -4.22. The molecular weight excluding hydrogens is 472 g/mol. The van der Waals surface area contributed by atoms with Gasteiger partial charge in [0.25, 0.3) is 5.69 Å². The molecule has 0 amide bonds. The number of hydrogen-bond acceptors (Lipinski definition) is 7. The summed E-state index contributed by atoms with van der Waals surface area (Å²) in [5.41, 5.74) is 10.9. The molecule has 3 aromatic rings. The number of carbonyl (C=O) groups is 1. The molecule has 7 nitrogen and oxygen atoms in total. The molecule has 180 valence electrons. The Morgan fingerprint density at radius 1 is 1.11 bits per heavy atom. The minimum atomic E-state index is -0.534. The van der Waals surface area contributed by atoms with Crippen LogP contribution in [0.4, 0.5) is 11.4 Å². The summed E-state index contributed by atoms with van der Waals surface area (Å²) in [5.74, 6) is -0.334. The normalized spacial score (nSPS) is 19.8. The molecule has 2 N–H and O–H groups in total. The molecule has 0 saturated heterocycles. The highest BCUT2D eigenvalue weighted by Crippen LogP contribution is 2.50. The maximum atomic E-state index is 13.9. The van der Waals surface area contributed by atoms with E-state index >= 15 is 0 Å². The number of anilines is 1. The van der Waals surface area contributed by atoms with Gasteiger partial charge in [-0.15, -0.1) is 11.3 Å². The highest BCUT2D eigenvalue weighted by molar-refractivity contribution is 7.12. The summed E-state index contributed by atoms with van der Waals surface area (Å²) in [5, 5.41) is 21.5. The second kappa shape index (κ2) is 9.10. The minimum absolute atomic E-state index is 0.00878. The van der Waals surface area contributed by atoms with Crippen molar-refractivity contribution in [2.45, 2.75) is 38.5 Å². The molecule has 5 rings (SSSR count). The topological polar surface area (TPSA) is 113 Å². The molecule has 8 heteroatoms. The van der Waals surface area contributed by atoms with E-state index in [0.29, 0.717) is 29.7 Å². The van der Waals surface area contributed by atoms with E-state index in [4.69, 9.17) is 5.73 Å². The van der Waals surface area contributed by atoms with E-state index in [0.717, 1.165) is 26.6 Å². The smallest absolute Gasteiger partial charge is 0.269 e. The fourth-order valence-electron chi connectivity index (χ4n) is 5.36. The summed E-state index contributed by atoms with van der Waals surface area (Å²) in [6.45, 7) is 4.01. The molecule has 0 fully saturated rings. The van der Waals surface area contributed by atoms with Gasteiger partial charge >= 0.3 is 0 Å². The molecule has 2 atom stereocenters. The van der Waals surface area contributed by atoms with E-state index in [1.54, 1.807) is 28.4 Å². The first-order chi connectivity index (χ1) is 17.3. The van der Waals surface area contributed by atoms with Crippen LogP contribution in [0.25, 0.3) is 0 Å². The number of nitrogens with two attached hydrogens (primary N) is 1. The van der Waals surface area contributed by atoms with Crippen LogP contribution in [0.15, 0.2) is 83.3 Å². The number of benzene rings is 2. The summed E-state index contributed by atoms with van der Waals surface area (Å²) < 4.78 is 0. The van der Waals surface area contributed by atoms with Crippen molar-refractivity contribution in [3.8, 4) is 6.07 Å². The third-order valence-corrected chi connectivity index (χ3v) is 7.93. The lowest BCUT2D eigenvalue weighted by molar-refractivity contribution is -0.384. The third-order valence-electron chi connectivity index (χ3n) is 6.95. The summed E-state index contributed by atoms with van der Waals surface area (Å²) in [6.07, 6.45) is 0.897. The van der Waals surface area contributed by atoms with E-state index in [2.05, 4.69) is 6.07 Å². The zero-order valence-electron chi connectivity index (χ0n) is 19.9. The lowest BCUT2D eigenvalue weighted by Crippen LogP contribution is -2.40. The van der Waals surface area contributed by atoms with Gasteiger partial charge in [0, 0.05) is 45.3 Å². The van der Waals surface area contributed by atoms with Crippen LogP contribution in [0, 0.1) is 35.3 Å². The molecular formula is C28H24N4O3S. The highest BCUT2D eigenvalue weighted by Gasteiger charge is 2.43. The summed E-state index contributed by atoms with van der Waals surface area (Å²) in [7, 11) is 0. The minimum Gasteiger partial charge on any atom is -0.384 e. The van der Waals surface area contributed by atoms with E-state index in [-0.39, 0.29) is 23.2 Å². The van der Waals surface area contributed by atoms with Crippen LogP contribution in [0.5, 0.6) is 0 Å². The molecule has 36 heavy (non-hydrogen) atoms. The molecule has 0 saturated carbocycles. The van der Waals surface area contributed by atoms with Crippen molar-refractivity contribution in [1.82, 2.24) is 0 Å². The zero-order valence-corrected chi connectivity index (χ0v) is 20.7. The Balaban J connectivity index is 1.73. The molecule has 0 bridgehead atoms. The SMILES string of the molecule is Cc1cc([C@H]2C(C#N)=C(N)N(c3ccc([N+](=O)[O-])cc3)C3=C2C(=O)C[C@@H](c2ccccc2)C3)c(C)s1. The Morgan fingerprint density at radius 3 is 2.39 bits per heavy atom. The van der Waals surface area contributed by atoms with Crippen molar-refractivity contribution in [1.29, 1.82) is 5.26 Å². The first kappa shape index (κ1) is 23.5. The van der Waals surface area contributed by atoms with Gasteiger partial charge in [0.2, 0.25) is 0 Å². The maximum absolute atomic E-state index is 13.9. The predicted molar refractivity (Wildman–Crippen MR) is 139 cm³/mol. The fourth-order valence-corrected chi connectivity index (χ4v) is 6.32. The molecule has 1 aromatic heterocycles. The molecule has 1 aliphatic carbocycles. The number of ketones is 1. The molecule has 0 radical (unpaired) electrons. The number of carbonyl (C=O) groups excluding carboxylic acids is 1. The number of thiophene rings is 1. The Labute approximate surface area is 212 Å². The summed E-state index contributed by atoms with van der Waals surface area (Å²) >= 11 is 1.63. The number of aryl methyl sites for hydroxylation is 2. The average Bonchev–Trinajstić information content (AvgIpc) is 3.21. The van der Waals surface area contributed by atoms with Gasteiger partial charge in [-0.05, 0) is 55.5 Å². The van der Waals surface area contributed by atoms with Crippen LogP contribution in [0.2, 0.25) is 0 Å². The molecule has 2 aliphatic rings. The second-order valence-electron chi connectivity index (χ2n) is 9.12. The standard InChI is InChI=1S/C28H24N4O3S/c1-16-12-22(17(2)36-16)26-23(15-29)28(30)31(20-8-10-21(11-9-20)32(34)35)24-13-19(14-25(33)27(24)26)18-6-4-3-5-7-18/h3-12,19,26H,13-14,30H2,1-2H3/t19-,26-/m0/s1. The van der Waals surface area contributed by atoms with Gasteiger partial charge in [0.1, 0.15) is 5.82 Å². The van der Waals surface area contributed by atoms with Crippen LogP contribution in [0.1, 0.15) is 45.6 Å². The molecule has 0 unspecified atom stereocenters. The van der Waals surface area contributed by atoms with Crippen LogP contribution in [-0.4, -0.2) is 10.7 Å². The number of allylic oxidation sites excluding steroid dienone is 3. The van der Waals surface area contributed by atoms with E-state index in [1.807, 2.05) is 50.2 Å². The van der Waals surface area contributed by atoms with Crippen molar-refractivity contribution in [3.63, 3.8) is 0 Å². The van der Waals surface area contributed by atoms with Gasteiger partial charge in [-0.1, -0.05) is 30.3 Å². The first-order valence-electron chi connectivity index (χ1n) is 11.6. The Bertz CT molecular complexity index is 1480. The Kier molecular flexibility index (Phi) is 5.94. The first-order valence-corrected chi connectivity index (χ1v) is 12.4. The van der Waals surface area contributed by atoms with Crippen LogP contribution < -0.4 is 10.6 Å². The van der Waals surface area contributed by atoms with Crippen LogP contribution in [-0.2, 0) is 4.79 Å². The van der Waals surface area contributed by atoms with Gasteiger partial charge in [-0.3, -0.25) is 19.8 Å². The van der Waals surface area contributed by atoms with Crippen molar-refractivity contribution in [2.75, 3.05) is 4.90 Å². The van der Waals surface area contributed by atoms with E-state index < -0.39 is 10.8 Å². The average molecular weight is 497 g/mol. The number of hydrogen-bond donors (Lipinski definition) is 1. The van der Waals surface area contributed by atoms with Gasteiger partial charge in [0.05, 0.1) is 22.5 Å². The van der Waals surface area contributed by atoms with Gasteiger partial charge < -0.3 is 5.73 Å². The summed E-state index contributed by atoms with van der Waals surface area (Å²) in [4.78, 5) is 28.5. The maximum Gasteiger partial charge on any atom is 0.269 e. The number of nitro groups is 1. The van der Waals surface area contributed by atoms with Crippen molar-refractivity contribution >= 4 is 28.5 Å². The van der Waals surface area contributed by atoms with Crippen molar-refractivity contribution in [2.24, 2.45) is 5.73 Å². The zero-order chi connectivity index (χ0) is 25.6. The number of nitro benzene ring substituents is 1. The lowest BCUT2D eigenvalue weighted by atomic mass is 9.72. The third kappa shape index (κ3) is 3.88. The lowest BCUT2D eigenvalue weighted by Gasteiger charge is -2.41. The second-order valence-corrected chi connectivity index (χ2v) is 10.6. The van der Waals surface area contributed by atoms with Crippen LogP contribution in [0.3, 0.4) is 0 Å². The Morgan fingerprint density at radius 2 is 1.81 bits per heavy atom. The fraction of sp³-hybridized carbons (Fsp3) is 0.214. The number of non-ortho nitro benzene ring substituents is 1. The largest absolute Gasteiger partial charge is 0.384 e. The number of nitrogens with zero attached hydrogens (tertiary/aromatic N) is 3. The number of nitriles is 1. The van der Waals surface area contributed by atoms with Gasteiger partial charge in [-0.25, -0.2) is 0 Å². The van der Waals surface area contributed by atoms with E-state index in [1.165, 1.54) is 12.1 Å². The predicted octanol–water partition coefficient (Wildman–Crippen LogP) is 5.97. The van der Waals surface area contributed by atoms with Crippen LogP contribution >= 0.6 is 11.3 Å².